The second-order valence-corrected chi connectivity index (χ2v) is 7.05. The number of ether oxygens (including phenoxy) is 1. The maximum Gasteiger partial charge on any atom is 0.214 e. The second-order valence-electron chi connectivity index (χ2n) is 5.33. The van der Waals surface area contributed by atoms with Crippen LogP contribution in [0.1, 0.15) is 23.3 Å². The van der Waals surface area contributed by atoms with E-state index in [0.717, 1.165) is 27.6 Å². The van der Waals surface area contributed by atoms with E-state index in [1.165, 1.54) is 0 Å². The van der Waals surface area contributed by atoms with Gasteiger partial charge in [0.25, 0.3) is 0 Å². The zero-order valence-electron chi connectivity index (χ0n) is 13.6. The van der Waals surface area contributed by atoms with Crippen molar-refractivity contribution in [2.75, 3.05) is 7.11 Å². The Bertz CT molecular complexity index is 852. The van der Waals surface area contributed by atoms with Gasteiger partial charge in [0, 0.05) is 10.3 Å². The van der Waals surface area contributed by atoms with Crippen molar-refractivity contribution < 1.29 is 4.74 Å². The average Bonchev–Trinajstić information content (AvgIpc) is 3.03. The van der Waals surface area contributed by atoms with Crippen LogP contribution < -0.4 is 4.74 Å². The fourth-order valence-corrected chi connectivity index (χ4v) is 3.73. The number of aryl methyl sites for hydroxylation is 1. The van der Waals surface area contributed by atoms with Gasteiger partial charge in [-0.05, 0) is 53.6 Å². The second kappa shape index (κ2) is 7.23. The minimum atomic E-state index is 0.110. The lowest BCUT2D eigenvalue weighted by atomic mass is 10.2. The molecule has 0 aliphatic heterocycles. The average molecular weight is 361 g/mol. The summed E-state index contributed by atoms with van der Waals surface area (Å²) in [5.41, 5.74) is 2.97. The molecule has 2 aromatic carbocycles. The molecule has 0 unspecified atom stereocenters. The van der Waals surface area contributed by atoms with Crippen LogP contribution in [0, 0.1) is 6.92 Å². The van der Waals surface area contributed by atoms with Crippen LogP contribution in [0.15, 0.2) is 47.6 Å². The van der Waals surface area contributed by atoms with E-state index in [4.69, 9.17) is 16.3 Å². The van der Waals surface area contributed by atoms with Crippen LogP contribution in [0.25, 0.3) is 5.69 Å². The molecule has 3 rings (SSSR count). The van der Waals surface area contributed by atoms with Gasteiger partial charge in [-0.1, -0.05) is 47.6 Å². The number of tetrazole rings is 1. The predicted octanol–water partition coefficient (Wildman–Crippen LogP) is 4.49. The van der Waals surface area contributed by atoms with Gasteiger partial charge in [0.15, 0.2) is 0 Å². The molecule has 0 amide bonds. The molecule has 0 fully saturated rings. The Morgan fingerprint density at radius 2 is 2.00 bits per heavy atom. The Balaban J connectivity index is 1.94. The zero-order chi connectivity index (χ0) is 17.1. The van der Waals surface area contributed by atoms with Crippen molar-refractivity contribution in [1.29, 1.82) is 0 Å². The van der Waals surface area contributed by atoms with Crippen molar-refractivity contribution >= 4 is 23.4 Å². The highest BCUT2D eigenvalue weighted by molar-refractivity contribution is 7.99. The molecule has 3 aromatic rings. The Kier molecular flexibility index (Phi) is 5.06. The number of hydrogen-bond donors (Lipinski definition) is 0. The van der Waals surface area contributed by atoms with Crippen LogP contribution in [0.4, 0.5) is 0 Å². The summed E-state index contributed by atoms with van der Waals surface area (Å²) in [6.07, 6.45) is 0. The maximum absolute atomic E-state index is 6.29. The lowest BCUT2D eigenvalue weighted by Gasteiger charge is -2.14. The summed E-state index contributed by atoms with van der Waals surface area (Å²) in [5, 5.41) is 13.6. The highest BCUT2D eigenvalue weighted by Gasteiger charge is 2.18. The minimum Gasteiger partial charge on any atom is -0.494 e. The number of halogens is 1. The molecular formula is C17H17ClN4OS. The minimum absolute atomic E-state index is 0.110. The lowest BCUT2D eigenvalue weighted by molar-refractivity contribution is 0.410. The number of aromatic nitrogens is 4. The molecule has 0 bridgehead atoms. The van der Waals surface area contributed by atoms with E-state index in [1.54, 1.807) is 23.6 Å². The van der Waals surface area contributed by atoms with Crippen LogP contribution in [-0.4, -0.2) is 27.3 Å². The summed E-state index contributed by atoms with van der Waals surface area (Å²) in [6, 6.07) is 13.7. The summed E-state index contributed by atoms with van der Waals surface area (Å²) in [6.45, 7) is 4.10. The number of nitrogens with zero attached hydrogens (tertiary/aromatic N) is 4. The number of rotatable bonds is 5. The summed E-state index contributed by atoms with van der Waals surface area (Å²) in [4.78, 5) is 0. The van der Waals surface area contributed by atoms with Gasteiger partial charge < -0.3 is 4.74 Å². The Morgan fingerprint density at radius 3 is 2.75 bits per heavy atom. The molecule has 0 N–H and O–H groups in total. The first-order chi connectivity index (χ1) is 11.6. The van der Waals surface area contributed by atoms with E-state index in [1.807, 2.05) is 49.4 Å². The predicted molar refractivity (Wildman–Crippen MR) is 96.2 cm³/mol. The normalized spacial score (nSPS) is 12.2. The molecule has 0 spiro atoms. The highest BCUT2D eigenvalue weighted by atomic mass is 35.5. The van der Waals surface area contributed by atoms with Crippen molar-refractivity contribution in [2.45, 2.75) is 24.3 Å². The first-order valence-electron chi connectivity index (χ1n) is 7.44. The number of benzene rings is 2. The third-order valence-electron chi connectivity index (χ3n) is 3.63. The maximum atomic E-state index is 6.29. The largest absolute Gasteiger partial charge is 0.494 e. The van der Waals surface area contributed by atoms with E-state index < -0.39 is 0 Å². The number of methoxy groups -OCH3 is 1. The first-order valence-corrected chi connectivity index (χ1v) is 8.70. The van der Waals surface area contributed by atoms with Crippen LogP contribution in [-0.2, 0) is 0 Å². The topological polar surface area (TPSA) is 52.8 Å². The summed E-state index contributed by atoms with van der Waals surface area (Å²) < 4.78 is 7.14. The lowest BCUT2D eigenvalue weighted by Crippen LogP contribution is -2.03. The molecule has 0 saturated heterocycles. The van der Waals surface area contributed by atoms with Gasteiger partial charge in [-0.2, -0.15) is 4.68 Å². The monoisotopic (exact) mass is 360 g/mol. The molecule has 1 aromatic heterocycles. The molecular weight excluding hydrogens is 344 g/mol. The van der Waals surface area contributed by atoms with Gasteiger partial charge in [-0.25, -0.2) is 0 Å². The molecule has 0 radical (unpaired) electrons. The molecule has 24 heavy (non-hydrogen) atoms. The number of hydrogen-bond acceptors (Lipinski definition) is 5. The zero-order valence-corrected chi connectivity index (χ0v) is 15.2. The number of thioether (sulfide) groups is 1. The van der Waals surface area contributed by atoms with Crippen molar-refractivity contribution in [3.8, 4) is 11.4 Å². The van der Waals surface area contributed by atoms with E-state index in [0.29, 0.717) is 5.16 Å². The molecule has 0 aliphatic rings. The van der Waals surface area contributed by atoms with Gasteiger partial charge in [-0.3, -0.25) is 0 Å². The smallest absolute Gasteiger partial charge is 0.214 e. The van der Waals surface area contributed by atoms with Gasteiger partial charge in [0.1, 0.15) is 11.4 Å². The van der Waals surface area contributed by atoms with Crippen LogP contribution in [0.3, 0.4) is 0 Å². The Morgan fingerprint density at radius 1 is 1.21 bits per heavy atom. The standard InChI is InChI=1S/C17H17ClN4OS/c1-11-8-9-16(23-3)15(10-11)22-17(19-20-21-22)24-12(2)13-6-4-5-7-14(13)18/h4-10,12H,1-3H3/t12-/m0/s1. The molecule has 0 saturated carbocycles. The summed E-state index contributed by atoms with van der Waals surface area (Å²) in [7, 11) is 1.64. The molecule has 5 nitrogen and oxygen atoms in total. The SMILES string of the molecule is COc1ccc(C)cc1-n1nnnc1S[C@@H](C)c1ccccc1Cl. The fourth-order valence-electron chi connectivity index (χ4n) is 2.40. The Labute approximate surface area is 150 Å². The van der Waals surface area contributed by atoms with E-state index in [-0.39, 0.29) is 5.25 Å². The van der Waals surface area contributed by atoms with Crippen molar-refractivity contribution in [2.24, 2.45) is 0 Å². The highest BCUT2D eigenvalue weighted by Crippen LogP contribution is 2.38. The molecule has 7 heteroatoms. The van der Waals surface area contributed by atoms with Crippen LogP contribution in [0.2, 0.25) is 5.02 Å². The third kappa shape index (κ3) is 3.39. The van der Waals surface area contributed by atoms with Crippen molar-refractivity contribution in [3.63, 3.8) is 0 Å². The van der Waals surface area contributed by atoms with E-state index in [2.05, 4.69) is 22.4 Å². The summed E-state index contributed by atoms with van der Waals surface area (Å²) in [5.74, 6) is 0.722. The van der Waals surface area contributed by atoms with Crippen LogP contribution in [0.5, 0.6) is 5.75 Å². The van der Waals surface area contributed by atoms with E-state index >= 15 is 0 Å². The van der Waals surface area contributed by atoms with Crippen molar-refractivity contribution in [1.82, 2.24) is 20.2 Å². The summed E-state index contributed by atoms with van der Waals surface area (Å²) >= 11 is 7.84. The van der Waals surface area contributed by atoms with Gasteiger partial charge in [-0.15, -0.1) is 5.10 Å². The fraction of sp³-hybridized carbons (Fsp3) is 0.235. The third-order valence-corrected chi connectivity index (χ3v) is 5.05. The molecule has 1 atom stereocenters. The quantitative estimate of drug-likeness (QED) is 0.627. The first kappa shape index (κ1) is 16.8. The molecule has 1 heterocycles. The van der Waals surface area contributed by atoms with Crippen molar-refractivity contribution in [3.05, 3.63) is 58.6 Å². The van der Waals surface area contributed by atoms with Gasteiger partial charge in [0.05, 0.1) is 7.11 Å². The van der Waals surface area contributed by atoms with Gasteiger partial charge >= 0.3 is 0 Å². The van der Waals surface area contributed by atoms with E-state index in [9.17, 15) is 0 Å². The van der Waals surface area contributed by atoms with Gasteiger partial charge in [0.2, 0.25) is 5.16 Å². The molecule has 124 valence electrons. The Hall–Kier alpha value is -2.05. The molecule has 0 aliphatic carbocycles. The van der Waals surface area contributed by atoms with Crippen LogP contribution >= 0.6 is 23.4 Å².